The Hall–Kier alpha value is 0.870. The second-order valence-electron chi connectivity index (χ2n) is 6.04. The van der Waals surface area contributed by atoms with Gasteiger partial charge in [-0.3, -0.25) is 0 Å². The first kappa shape index (κ1) is 25.1. The third-order valence-electron chi connectivity index (χ3n) is 3.98. The van der Waals surface area contributed by atoms with Gasteiger partial charge in [-0.2, -0.15) is 0 Å². The van der Waals surface area contributed by atoms with Crippen LogP contribution >= 0.6 is 0 Å². The average molecular weight is 344 g/mol. The summed E-state index contributed by atoms with van der Waals surface area (Å²) >= 11 is 0. The summed E-state index contributed by atoms with van der Waals surface area (Å²) in [6.07, 6.45) is 10.0. The fourth-order valence-corrected chi connectivity index (χ4v) is 3.50. The SMILES string of the molecule is CCCCCCCCCC(CCC(O)CCC)S(=O)(=O)[O-].[Na+]. The van der Waals surface area contributed by atoms with E-state index in [-0.39, 0.29) is 29.6 Å². The Morgan fingerprint density at radius 2 is 1.36 bits per heavy atom. The zero-order valence-corrected chi connectivity index (χ0v) is 17.5. The number of aliphatic hydroxyl groups is 1. The molecule has 0 fully saturated rings. The standard InChI is InChI=1S/C16H34O4S.Na/c1-3-5-6-7-8-9-10-12-16(21(18,19)20)14-13-15(17)11-4-2;/h15-17H,3-14H2,1-2H3,(H,18,19,20);/q;+1/p-1. The van der Waals surface area contributed by atoms with Crippen molar-refractivity contribution >= 4 is 10.1 Å². The van der Waals surface area contributed by atoms with Gasteiger partial charge in [0.05, 0.1) is 16.2 Å². The van der Waals surface area contributed by atoms with Crippen molar-refractivity contribution in [2.45, 2.75) is 102 Å². The van der Waals surface area contributed by atoms with E-state index in [1.807, 2.05) is 6.92 Å². The number of aliphatic hydroxyl groups excluding tert-OH is 1. The Morgan fingerprint density at radius 1 is 0.818 bits per heavy atom. The maximum Gasteiger partial charge on any atom is 1.00 e. The molecule has 0 aliphatic carbocycles. The van der Waals surface area contributed by atoms with E-state index in [1.165, 1.54) is 25.7 Å². The molecule has 6 heteroatoms. The quantitative estimate of drug-likeness (QED) is 0.290. The van der Waals surface area contributed by atoms with Crippen LogP contribution < -0.4 is 29.6 Å². The second kappa shape index (κ2) is 15.4. The number of hydrogen-bond donors (Lipinski definition) is 1. The van der Waals surface area contributed by atoms with Crippen molar-refractivity contribution in [2.24, 2.45) is 0 Å². The van der Waals surface area contributed by atoms with Crippen LogP contribution in [0.2, 0.25) is 0 Å². The van der Waals surface area contributed by atoms with E-state index in [2.05, 4.69) is 6.92 Å². The minimum absolute atomic E-state index is 0. The molecule has 0 bridgehead atoms. The molecule has 0 saturated carbocycles. The molecule has 0 radical (unpaired) electrons. The molecular formula is C16H33NaO4S. The maximum absolute atomic E-state index is 11.3. The van der Waals surface area contributed by atoms with Gasteiger partial charge in [0.25, 0.3) is 0 Å². The van der Waals surface area contributed by atoms with Crippen LogP contribution in [0.5, 0.6) is 0 Å². The molecule has 0 aliphatic rings. The molecule has 0 aromatic carbocycles. The van der Waals surface area contributed by atoms with Gasteiger partial charge in [-0.15, -0.1) is 0 Å². The van der Waals surface area contributed by atoms with Crippen LogP contribution in [0.1, 0.15) is 90.9 Å². The van der Waals surface area contributed by atoms with E-state index >= 15 is 0 Å². The van der Waals surface area contributed by atoms with Crippen LogP contribution in [0.15, 0.2) is 0 Å². The largest absolute Gasteiger partial charge is 1.00 e. The Morgan fingerprint density at radius 3 is 1.86 bits per heavy atom. The molecule has 0 rings (SSSR count). The van der Waals surface area contributed by atoms with Gasteiger partial charge in [-0.25, -0.2) is 8.42 Å². The van der Waals surface area contributed by atoms with Crippen molar-refractivity contribution in [3.8, 4) is 0 Å². The van der Waals surface area contributed by atoms with Gasteiger partial charge >= 0.3 is 29.6 Å². The number of unbranched alkanes of at least 4 members (excludes halogenated alkanes) is 6. The minimum atomic E-state index is -4.24. The van der Waals surface area contributed by atoms with Crippen molar-refractivity contribution in [1.82, 2.24) is 0 Å². The Bertz CT molecular complexity index is 333. The van der Waals surface area contributed by atoms with Gasteiger partial charge in [0.1, 0.15) is 0 Å². The molecule has 0 aromatic rings. The number of rotatable bonds is 14. The van der Waals surface area contributed by atoms with E-state index in [1.54, 1.807) is 0 Å². The molecule has 22 heavy (non-hydrogen) atoms. The second-order valence-corrected chi connectivity index (χ2v) is 7.70. The summed E-state index contributed by atoms with van der Waals surface area (Å²) in [5, 5.41) is 8.84. The molecule has 2 atom stereocenters. The summed E-state index contributed by atoms with van der Waals surface area (Å²) in [6.45, 7) is 4.15. The third-order valence-corrected chi connectivity index (χ3v) is 5.27. The normalized spacial score (nSPS) is 14.4. The first-order chi connectivity index (χ1) is 9.91. The topological polar surface area (TPSA) is 77.4 Å². The zero-order chi connectivity index (χ0) is 16.1. The fraction of sp³-hybridized carbons (Fsp3) is 1.00. The van der Waals surface area contributed by atoms with Crippen molar-refractivity contribution in [3.05, 3.63) is 0 Å². The molecule has 0 heterocycles. The Kier molecular flexibility index (Phi) is 17.6. The smallest absolute Gasteiger partial charge is 0.748 e. The third kappa shape index (κ3) is 14.5. The van der Waals surface area contributed by atoms with Crippen molar-refractivity contribution in [2.75, 3.05) is 0 Å². The molecule has 0 aliphatic heterocycles. The van der Waals surface area contributed by atoms with Gasteiger partial charge in [0, 0.05) is 5.25 Å². The van der Waals surface area contributed by atoms with Gasteiger partial charge < -0.3 is 9.66 Å². The minimum Gasteiger partial charge on any atom is -0.748 e. The van der Waals surface area contributed by atoms with Crippen LogP contribution in [-0.4, -0.2) is 29.4 Å². The molecule has 2 unspecified atom stereocenters. The summed E-state index contributed by atoms with van der Waals surface area (Å²) in [6, 6.07) is 0. The molecular weight excluding hydrogens is 311 g/mol. The van der Waals surface area contributed by atoms with E-state index in [0.717, 1.165) is 25.7 Å². The van der Waals surface area contributed by atoms with Gasteiger partial charge in [0.2, 0.25) is 0 Å². The summed E-state index contributed by atoms with van der Waals surface area (Å²) in [5.41, 5.74) is 0. The van der Waals surface area contributed by atoms with Crippen LogP contribution in [-0.2, 0) is 10.1 Å². The Labute approximate surface area is 159 Å². The summed E-state index contributed by atoms with van der Waals surface area (Å²) in [4.78, 5) is 0. The predicted molar refractivity (Wildman–Crippen MR) is 86.2 cm³/mol. The molecule has 128 valence electrons. The average Bonchev–Trinajstić information content (AvgIpc) is 2.40. The van der Waals surface area contributed by atoms with Crippen molar-refractivity contribution < 1.29 is 47.6 Å². The monoisotopic (exact) mass is 344 g/mol. The molecule has 4 nitrogen and oxygen atoms in total. The summed E-state index contributed by atoms with van der Waals surface area (Å²) in [5.74, 6) is 0. The van der Waals surface area contributed by atoms with Crippen LogP contribution in [0, 0.1) is 0 Å². The van der Waals surface area contributed by atoms with Crippen LogP contribution in [0.4, 0.5) is 0 Å². The van der Waals surface area contributed by atoms with E-state index < -0.39 is 21.5 Å². The molecule has 0 amide bonds. The summed E-state index contributed by atoms with van der Waals surface area (Å²) < 4.78 is 33.8. The first-order valence-corrected chi connectivity index (χ1v) is 10.0. The molecule has 1 N–H and O–H groups in total. The van der Waals surface area contributed by atoms with E-state index in [9.17, 15) is 18.1 Å². The zero-order valence-electron chi connectivity index (χ0n) is 14.7. The van der Waals surface area contributed by atoms with Crippen LogP contribution in [0.25, 0.3) is 0 Å². The van der Waals surface area contributed by atoms with Crippen LogP contribution in [0.3, 0.4) is 0 Å². The molecule has 0 spiro atoms. The van der Waals surface area contributed by atoms with Gasteiger partial charge in [0.15, 0.2) is 0 Å². The fourth-order valence-electron chi connectivity index (χ4n) is 2.62. The number of hydrogen-bond acceptors (Lipinski definition) is 4. The first-order valence-electron chi connectivity index (χ1n) is 8.54. The Balaban J connectivity index is 0. The van der Waals surface area contributed by atoms with Crippen molar-refractivity contribution in [3.63, 3.8) is 0 Å². The molecule has 0 aromatic heterocycles. The maximum atomic E-state index is 11.3. The van der Waals surface area contributed by atoms with Crippen molar-refractivity contribution in [1.29, 1.82) is 0 Å². The molecule has 0 saturated heterocycles. The van der Waals surface area contributed by atoms with E-state index in [0.29, 0.717) is 25.7 Å². The van der Waals surface area contributed by atoms with E-state index in [4.69, 9.17) is 0 Å². The summed E-state index contributed by atoms with van der Waals surface area (Å²) in [7, 11) is -4.24. The van der Waals surface area contributed by atoms with Gasteiger partial charge in [-0.05, 0) is 25.7 Å². The predicted octanol–water partition coefficient (Wildman–Crippen LogP) is 0.986. The van der Waals surface area contributed by atoms with Gasteiger partial charge in [-0.1, -0.05) is 65.2 Å².